The summed E-state index contributed by atoms with van der Waals surface area (Å²) in [5.74, 6) is 0. The van der Waals surface area contributed by atoms with E-state index >= 15 is 0 Å². The van der Waals surface area contributed by atoms with Crippen LogP contribution in [0.15, 0.2) is 6.07 Å². The molecule has 1 fully saturated rings. The van der Waals surface area contributed by atoms with E-state index in [9.17, 15) is 0 Å². The Balaban J connectivity index is 1.90. The standard InChI is InChI=1S/C13H15N3OS/c18-13-8-3-1-4-9(8)14-12-7-10(15-16(12)13)11-5-2-6-17-11/h7,11,15H,1-6H2. The molecule has 4 rings (SSSR count). The number of rotatable bonds is 1. The maximum absolute atomic E-state index is 5.70. The molecule has 1 N–H and O–H groups in total. The van der Waals surface area contributed by atoms with E-state index in [1.54, 1.807) is 0 Å². The summed E-state index contributed by atoms with van der Waals surface area (Å²) in [6, 6.07) is 2.09. The maximum atomic E-state index is 5.70. The molecule has 2 aliphatic rings. The maximum Gasteiger partial charge on any atom is 0.154 e. The lowest BCUT2D eigenvalue weighted by atomic mass is 10.2. The number of fused-ring (bicyclic) bond motifs is 2. The van der Waals surface area contributed by atoms with Crippen molar-refractivity contribution in [1.82, 2.24) is 14.6 Å². The van der Waals surface area contributed by atoms with Gasteiger partial charge < -0.3 is 4.74 Å². The van der Waals surface area contributed by atoms with E-state index in [1.165, 1.54) is 17.7 Å². The van der Waals surface area contributed by atoms with Gasteiger partial charge in [-0.05, 0) is 32.1 Å². The molecule has 2 aromatic rings. The van der Waals surface area contributed by atoms with Crippen LogP contribution < -0.4 is 0 Å². The molecule has 0 bridgehead atoms. The highest BCUT2D eigenvalue weighted by atomic mass is 32.1. The van der Waals surface area contributed by atoms with Gasteiger partial charge in [-0.25, -0.2) is 9.50 Å². The van der Waals surface area contributed by atoms with Crippen LogP contribution in [0.5, 0.6) is 0 Å². The number of hydrogen-bond donors (Lipinski definition) is 1. The predicted molar refractivity (Wildman–Crippen MR) is 70.3 cm³/mol. The summed E-state index contributed by atoms with van der Waals surface area (Å²) in [5, 5.41) is 3.36. The first-order valence-electron chi connectivity index (χ1n) is 6.58. The fourth-order valence-corrected chi connectivity index (χ4v) is 3.36. The van der Waals surface area contributed by atoms with Crippen LogP contribution in [0.3, 0.4) is 0 Å². The van der Waals surface area contributed by atoms with Crippen molar-refractivity contribution in [2.45, 2.75) is 38.2 Å². The van der Waals surface area contributed by atoms with Gasteiger partial charge in [0.15, 0.2) is 5.65 Å². The first-order chi connectivity index (χ1) is 8.83. The Hall–Kier alpha value is -1.20. The van der Waals surface area contributed by atoms with Gasteiger partial charge in [0.05, 0.1) is 11.8 Å². The Morgan fingerprint density at radius 1 is 1.39 bits per heavy atom. The second kappa shape index (κ2) is 3.90. The molecule has 3 heterocycles. The summed E-state index contributed by atoms with van der Waals surface area (Å²) >= 11 is 5.56. The number of ether oxygens (including phenoxy) is 1. The van der Waals surface area contributed by atoms with Crippen molar-refractivity contribution in [3.8, 4) is 0 Å². The zero-order valence-corrected chi connectivity index (χ0v) is 10.9. The Morgan fingerprint density at radius 3 is 3.17 bits per heavy atom. The second-order valence-electron chi connectivity index (χ2n) is 5.10. The first-order valence-corrected chi connectivity index (χ1v) is 6.99. The first kappa shape index (κ1) is 10.7. The third-order valence-electron chi connectivity index (χ3n) is 3.93. The van der Waals surface area contributed by atoms with Gasteiger partial charge in [0.25, 0.3) is 0 Å². The number of aromatic nitrogens is 3. The average molecular weight is 261 g/mol. The van der Waals surface area contributed by atoms with E-state index in [0.717, 1.165) is 48.3 Å². The van der Waals surface area contributed by atoms with Crippen LogP contribution in [0.4, 0.5) is 0 Å². The Morgan fingerprint density at radius 2 is 2.33 bits per heavy atom. The summed E-state index contributed by atoms with van der Waals surface area (Å²) in [7, 11) is 0. The number of hydrogen-bond acceptors (Lipinski definition) is 3. The van der Waals surface area contributed by atoms with Gasteiger partial charge in [-0.3, -0.25) is 5.10 Å². The van der Waals surface area contributed by atoms with Crippen LogP contribution in [-0.2, 0) is 17.6 Å². The van der Waals surface area contributed by atoms with E-state index in [1.807, 2.05) is 4.52 Å². The summed E-state index contributed by atoms with van der Waals surface area (Å²) < 4.78 is 8.54. The fraction of sp³-hybridized carbons (Fsp3) is 0.538. The molecular formula is C13H15N3OS. The number of nitrogens with one attached hydrogen (secondary N) is 1. The summed E-state index contributed by atoms with van der Waals surface area (Å²) in [6.07, 6.45) is 5.72. The minimum atomic E-state index is 0.191. The number of aromatic amines is 1. The van der Waals surface area contributed by atoms with Gasteiger partial charge in [0.2, 0.25) is 0 Å². The lowest BCUT2D eigenvalue weighted by Gasteiger charge is -2.05. The summed E-state index contributed by atoms with van der Waals surface area (Å²) in [6.45, 7) is 0.857. The van der Waals surface area contributed by atoms with Crippen LogP contribution in [0.2, 0.25) is 0 Å². The molecule has 0 saturated carbocycles. The molecule has 0 radical (unpaired) electrons. The molecule has 2 aromatic heterocycles. The van der Waals surface area contributed by atoms with Gasteiger partial charge in [0.1, 0.15) is 4.64 Å². The zero-order valence-electron chi connectivity index (χ0n) is 10.1. The van der Waals surface area contributed by atoms with Crippen LogP contribution in [0.25, 0.3) is 5.65 Å². The average Bonchev–Trinajstić information content (AvgIpc) is 3.08. The third kappa shape index (κ3) is 1.47. The number of aryl methyl sites for hydroxylation is 1. The fourth-order valence-electron chi connectivity index (χ4n) is 3.00. The second-order valence-corrected chi connectivity index (χ2v) is 5.49. The molecule has 1 aliphatic heterocycles. The summed E-state index contributed by atoms with van der Waals surface area (Å²) in [4.78, 5) is 4.72. The Bertz CT molecular complexity index is 667. The quantitative estimate of drug-likeness (QED) is 0.803. The van der Waals surface area contributed by atoms with E-state index in [0.29, 0.717) is 0 Å². The molecule has 1 atom stereocenters. The minimum absolute atomic E-state index is 0.191. The molecule has 1 unspecified atom stereocenters. The molecular weight excluding hydrogens is 246 g/mol. The van der Waals surface area contributed by atoms with Crippen molar-refractivity contribution in [3.05, 3.63) is 27.7 Å². The molecule has 0 amide bonds. The lowest BCUT2D eigenvalue weighted by Crippen LogP contribution is -2.00. The van der Waals surface area contributed by atoms with E-state index < -0.39 is 0 Å². The molecule has 1 saturated heterocycles. The van der Waals surface area contributed by atoms with Crippen molar-refractivity contribution in [2.24, 2.45) is 0 Å². The molecule has 0 aromatic carbocycles. The van der Waals surface area contributed by atoms with Crippen LogP contribution in [0.1, 0.15) is 42.3 Å². The zero-order chi connectivity index (χ0) is 12.1. The summed E-state index contributed by atoms with van der Waals surface area (Å²) in [5.41, 5.74) is 4.49. The monoisotopic (exact) mass is 261 g/mol. The van der Waals surface area contributed by atoms with Crippen molar-refractivity contribution < 1.29 is 4.74 Å². The molecule has 0 spiro atoms. The van der Waals surface area contributed by atoms with Gasteiger partial charge in [-0.2, -0.15) is 0 Å². The van der Waals surface area contributed by atoms with Gasteiger partial charge in [0, 0.05) is 23.9 Å². The molecule has 18 heavy (non-hydrogen) atoms. The van der Waals surface area contributed by atoms with E-state index in [-0.39, 0.29) is 6.10 Å². The number of H-pyrrole nitrogens is 1. The van der Waals surface area contributed by atoms with Crippen molar-refractivity contribution >= 4 is 17.9 Å². The number of nitrogens with zero attached hydrogens (tertiary/aromatic N) is 2. The largest absolute Gasteiger partial charge is 0.372 e. The SMILES string of the molecule is S=c1c2c(nc3cc(C4CCCO4)[nH]n13)CCC2. The molecule has 94 valence electrons. The van der Waals surface area contributed by atoms with E-state index in [2.05, 4.69) is 11.2 Å². The van der Waals surface area contributed by atoms with Crippen LogP contribution >= 0.6 is 12.2 Å². The van der Waals surface area contributed by atoms with Crippen molar-refractivity contribution in [1.29, 1.82) is 0 Å². The van der Waals surface area contributed by atoms with Crippen LogP contribution in [0, 0.1) is 4.64 Å². The molecule has 5 heteroatoms. The Kier molecular flexibility index (Phi) is 2.32. The highest BCUT2D eigenvalue weighted by molar-refractivity contribution is 7.71. The molecule has 1 aliphatic carbocycles. The Labute approximate surface area is 110 Å². The van der Waals surface area contributed by atoms with E-state index in [4.69, 9.17) is 21.9 Å². The minimum Gasteiger partial charge on any atom is -0.372 e. The normalized spacial score (nSPS) is 22.8. The smallest absolute Gasteiger partial charge is 0.154 e. The third-order valence-corrected chi connectivity index (χ3v) is 4.36. The highest BCUT2D eigenvalue weighted by Crippen LogP contribution is 2.29. The molecule has 4 nitrogen and oxygen atoms in total. The van der Waals surface area contributed by atoms with Gasteiger partial charge >= 0.3 is 0 Å². The van der Waals surface area contributed by atoms with Crippen LogP contribution in [-0.4, -0.2) is 21.2 Å². The van der Waals surface area contributed by atoms with Gasteiger partial charge in [-0.1, -0.05) is 12.2 Å². The predicted octanol–water partition coefficient (Wildman–Crippen LogP) is 2.73. The van der Waals surface area contributed by atoms with Crippen molar-refractivity contribution in [3.63, 3.8) is 0 Å². The van der Waals surface area contributed by atoms with Crippen molar-refractivity contribution in [2.75, 3.05) is 6.61 Å². The van der Waals surface area contributed by atoms with Gasteiger partial charge in [-0.15, -0.1) is 0 Å². The lowest BCUT2D eigenvalue weighted by molar-refractivity contribution is 0.108. The highest BCUT2D eigenvalue weighted by Gasteiger charge is 2.22. The topological polar surface area (TPSA) is 42.3 Å².